The number of rotatable bonds is 0. The van der Waals surface area contributed by atoms with Crippen molar-refractivity contribution in [2.24, 2.45) is 0 Å². The Kier molecular flexibility index (Phi) is 2.35. The third-order valence-electron chi connectivity index (χ3n) is 3.02. The molecular formula is C12H13BrO2. The fourth-order valence-corrected chi connectivity index (χ4v) is 3.03. The molecule has 3 heteroatoms. The first-order valence-corrected chi connectivity index (χ1v) is 6.25. The SMILES string of the molecule is Brc1c2c(cc3c1OCCC3)OCCC2. The molecule has 0 unspecified atom stereocenters. The summed E-state index contributed by atoms with van der Waals surface area (Å²) in [6.07, 6.45) is 4.40. The number of hydrogen-bond acceptors (Lipinski definition) is 2. The highest BCUT2D eigenvalue weighted by atomic mass is 79.9. The Labute approximate surface area is 97.7 Å². The smallest absolute Gasteiger partial charge is 0.137 e. The summed E-state index contributed by atoms with van der Waals surface area (Å²) in [5.74, 6) is 2.10. The van der Waals surface area contributed by atoms with Gasteiger partial charge in [0.2, 0.25) is 0 Å². The van der Waals surface area contributed by atoms with Crippen LogP contribution in [0.1, 0.15) is 24.0 Å². The van der Waals surface area contributed by atoms with Gasteiger partial charge in [0.25, 0.3) is 0 Å². The molecule has 0 spiro atoms. The fourth-order valence-electron chi connectivity index (χ4n) is 2.27. The van der Waals surface area contributed by atoms with Crippen LogP contribution in [0.2, 0.25) is 0 Å². The molecular weight excluding hydrogens is 256 g/mol. The van der Waals surface area contributed by atoms with E-state index in [1.165, 1.54) is 11.1 Å². The minimum absolute atomic E-state index is 0.839. The van der Waals surface area contributed by atoms with E-state index < -0.39 is 0 Å². The van der Waals surface area contributed by atoms with Crippen molar-refractivity contribution in [3.8, 4) is 11.5 Å². The Morgan fingerprint density at radius 2 is 1.87 bits per heavy atom. The van der Waals surface area contributed by atoms with Gasteiger partial charge in [-0.1, -0.05) is 0 Å². The van der Waals surface area contributed by atoms with E-state index in [0.717, 1.165) is 54.9 Å². The molecule has 3 rings (SSSR count). The predicted octanol–water partition coefficient (Wildman–Crippen LogP) is 3.10. The van der Waals surface area contributed by atoms with Gasteiger partial charge in [-0.25, -0.2) is 0 Å². The zero-order valence-corrected chi connectivity index (χ0v) is 10.1. The van der Waals surface area contributed by atoms with Crippen LogP contribution in [0.25, 0.3) is 0 Å². The van der Waals surface area contributed by atoms with E-state index in [0.29, 0.717) is 0 Å². The average molecular weight is 269 g/mol. The maximum Gasteiger partial charge on any atom is 0.137 e. The van der Waals surface area contributed by atoms with E-state index in [1.807, 2.05) is 0 Å². The van der Waals surface area contributed by atoms with E-state index in [4.69, 9.17) is 9.47 Å². The Morgan fingerprint density at radius 3 is 2.80 bits per heavy atom. The van der Waals surface area contributed by atoms with Crippen LogP contribution in [0.3, 0.4) is 0 Å². The first-order chi connectivity index (χ1) is 7.36. The summed E-state index contributed by atoms with van der Waals surface area (Å²) in [5.41, 5.74) is 2.57. The second-order valence-corrected chi connectivity index (χ2v) is 4.85. The van der Waals surface area contributed by atoms with E-state index in [-0.39, 0.29) is 0 Å². The molecule has 0 saturated heterocycles. The summed E-state index contributed by atoms with van der Waals surface area (Å²) in [6, 6.07) is 2.16. The molecule has 2 nitrogen and oxygen atoms in total. The molecule has 0 saturated carbocycles. The molecule has 0 N–H and O–H groups in total. The number of ether oxygens (including phenoxy) is 2. The van der Waals surface area contributed by atoms with Crippen LogP contribution >= 0.6 is 15.9 Å². The molecule has 2 aliphatic rings. The van der Waals surface area contributed by atoms with Gasteiger partial charge in [-0.2, -0.15) is 0 Å². The fraction of sp³-hybridized carbons (Fsp3) is 0.500. The summed E-state index contributed by atoms with van der Waals surface area (Å²) in [7, 11) is 0. The molecule has 0 bridgehead atoms. The lowest BCUT2D eigenvalue weighted by Gasteiger charge is -2.25. The molecule has 0 aromatic heterocycles. The lowest BCUT2D eigenvalue weighted by molar-refractivity contribution is 0.271. The molecule has 1 aromatic carbocycles. The average Bonchev–Trinajstić information content (AvgIpc) is 2.30. The van der Waals surface area contributed by atoms with E-state index in [2.05, 4.69) is 22.0 Å². The van der Waals surface area contributed by atoms with Crippen molar-refractivity contribution < 1.29 is 9.47 Å². The summed E-state index contributed by atoms with van der Waals surface area (Å²) >= 11 is 3.65. The zero-order chi connectivity index (χ0) is 10.3. The molecule has 0 atom stereocenters. The van der Waals surface area contributed by atoms with Crippen molar-refractivity contribution in [1.29, 1.82) is 0 Å². The molecule has 0 amide bonds. The molecule has 0 radical (unpaired) electrons. The summed E-state index contributed by atoms with van der Waals surface area (Å²) < 4.78 is 12.5. The van der Waals surface area contributed by atoms with Crippen LogP contribution in [0, 0.1) is 0 Å². The number of hydrogen-bond donors (Lipinski definition) is 0. The molecule has 2 heterocycles. The Hall–Kier alpha value is -0.700. The molecule has 0 aliphatic carbocycles. The number of benzene rings is 1. The summed E-state index contributed by atoms with van der Waals surface area (Å²) in [6.45, 7) is 1.68. The van der Waals surface area contributed by atoms with Gasteiger partial charge < -0.3 is 9.47 Å². The predicted molar refractivity (Wildman–Crippen MR) is 61.8 cm³/mol. The molecule has 0 fully saturated rings. The number of fused-ring (bicyclic) bond motifs is 2. The van der Waals surface area contributed by atoms with Crippen LogP contribution in [0.5, 0.6) is 11.5 Å². The highest BCUT2D eigenvalue weighted by Crippen LogP contribution is 2.42. The van der Waals surface area contributed by atoms with Crippen LogP contribution in [0.15, 0.2) is 10.5 Å². The highest BCUT2D eigenvalue weighted by Gasteiger charge is 2.22. The first-order valence-electron chi connectivity index (χ1n) is 5.46. The van der Waals surface area contributed by atoms with Gasteiger partial charge in [-0.3, -0.25) is 0 Å². The van der Waals surface area contributed by atoms with Gasteiger partial charge >= 0.3 is 0 Å². The maximum atomic E-state index is 5.72. The van der Waals surface area contributed by atoms with Crippen molar-refractivity contribution in [3.05, 3.63) is 21.7 Å². The Balaban J connectivity index is 2.16. The second-order valence-electron chi connectivity index (χ2n) is 4.06. The van der Waals surface area contributed by atoms with Crippen LogP contribution in [0.4, 0.5) is 0 Å². The molecule has 80 valence electrons. The molecule has 15 heavy (non-hydrogen) atoms. The van der Waals surface area contributed by atoms with Crippen LogP contribution < -0.4 is 9.47 Å². The maximum absolute atomic E-state index is 5.72. The normalized spacial score (nSPS) is 18.5. The number of aryl methyl sites for hydroxylation is 1. The van der Waals surface area contributed by atoms with Gasteiger partial charge in [0, 0.05) is 5.56 Å². The van der Waals surface area contributed by atoms with Crippen molar-refractivity contribution in [1.82, 2.24) is 0 Å². The van der Waals surface area contributed by atoms with Crippen molar-refractivity contribution in [3.63, 3.8) is 0 Å². The lowest BCUT2D eigenvalue weighted by Crippen LogP contribution is -2.14. The quantitative estimate of drug-likeness (QED) is 0.720. The van der Waals surface area contributed by atoms with Gasteiger partial charge in [-0.15, -0.1) is 0 Å². The Bertz CT molecular complexity index is 367. The van der Waals surface area contributed by atoms with E-state index in [9.17, 15) is 0 Å². The van der Waals surface area contributed by atoms with Gasteiger partial charge in [0.15, 0.2) is 0 Å². The van der Waals surface area contributed by atoms with E-state index >= 15 is 0 Å². The largest absolute Gasteiger partial charge is 0.493 e. The summed E-state index contributed by atoms with van der Waals surface area (Å²) in [5, 5.41) is 0. The van der Waals surface area contributed by atoms with Crippen LogP contribution in [-0.2, 0) is 12.8 Å². The molecule has 2 aliphatic heterocycles. The minimum atomic E-state index is 0.839. The second kappa shape index (κ2) is 3.71. The first kappa shape index (κ1) is 9.52. The zero-order valence-electron chi connectivity index (χ0n) is 8.51. The highest BCUT2D eigenvalue weighted by molar-refractivity contribution is 9.10. The summed E-state index contributed by atoms with van der Waals surface area (Å²) in [4.78, 5) is 0. The van der Waals surface area contributed by atoms with Gasteiger partial charge in [-0.05, 0) is 53.2 Å². The standard InChI is InChI=1S/C12H13BrO2/c13-11-9-4-2-5-14-10(9)7-8-3-1-6-15-12(8)11/h7H,1-6H2. The van der Waals surface area contributed by atoms with Gasteiger partial charge in [0.1, 0.15) is 11.5 Å². The third kappa shape index (κ3) is 1.53. The van der Waals surface area contributed by atoms with Crippen molar-refractivity contribution in [2.45, 2.75) is 25.7 Å². The molecule has 1 aromatic rings. The van der Waals surface area contributed by atoms with Gasteiger partial charge in [0.05, 0.1) is 17.7 Å². The monoisotopic (exact) mass is 268 g/mol. The van der Waals surface area contributed by atoms with Crippen molar-refractivity contribution >= 4 is 15.9 Å². The Morgan fingerprint density at radius 1 is 1.07 bits per heavy atom. The van der Waals surface area contributed by atoms with Crippen LogP contribution in [-0.4, -0.2) is 13.2 Å². The lowest BCUT2D eigenvalue weighted by atomic mass is 9.99. The topological polar surface area (TPSA) is 18.5 Å². The van der Waals surface area contributed by atoms with Crippen molar-refractivity contribution in [2.75, 3.05) is 13.2 Å². The van der Waals surface area contributed by atoms with E-state index in [1.54, 1.807) is 0 Å². The number of halogens is 1. The third-order valence-corrected chi connectivity index (χ3v) is 3.86. The minimum Gasteiger partial charge on any atom is -0.493 e.